The number of anilines is 1. The van der Waals surface area contributed by atoms with Crippen LogP contribution < -0.4 is 21.4 Å². The number of carbonyl (C=O) groups excluding carboxylic acids is 2. The van der Waals surface area contributed by atoms with Crippen LogP contribution in [0.1, 0.15) is 6.92 Å². The zero-order chi connectivity index (χ0) is 18.7. The summed E-state index contributed by atoms with van der Waals surface area (Å²) >= 11 is 0. The Morgan fingerprint density at radius 2 is 1.85 bits per heavy atom. The van der Waals surface area contributed by atoms with Gasteiger partial charge in [-0.1, -0.05) is 30.3 Å². The Morgan fingerprint density at radius 1 is 1.08 bits per heavy atom. The van der Waals surface area contributed by atoms with Crippen molar-refractivity contribution in [3.05, 3.63) is 65.0 Å². The van der Waals surface area contributed by atoms with Crippen LogP contribution in [0.2, 0.25) is 0 Å². The summed E-state index contributed by atoms with van der Waals surface area (Å²) in [7, 11) is 0. The Hall–Kier alpha value is -3.61. The third-order valence-electron chi connectivity index (χ3n) is 3.77. The Labute approximate surface area is 148 Å². The maximum Gasteiger partial charge on any atom is 0.344 e. The smallest absolute Gasteiger partial charge is 0.344 e. The van der Waals surface area contributed by atoms with Gasteiger partial charge < -0.3 is 25.0 Å². The van der Waals surface area contributed by atoms with Gasteiger partial charge in [0.05, 0.1) is 17.6 Å². The number of para-hydroxylation sites is 1. The Morgan fingerprint density at radius 3 is 2.62 bits per heavy atom. The molecule has 2 amide bonds. The second-order valence-electron chi connectivity index (χ2n) is 5.71. The maximum atomic E-state index is 12.2. The van der Waals surface area contributed by atoms with Gasteiger partial charge in [0.25, 0.3) is 0 Å². The number of nitrogens with one attached hydrogen (secondary N) is 2. The molecule has 2 aromatic carbocycles. The van der Waals surface area contributed by atoms with Gasteiger partial charge in [-0.3, -0.25) is 0 Å². The molecule has 7 heteroatoms. The minimum atomic E-state index is -1.39. The van der Waals surface area contributed by atoms with E-state index in [0.717, 1.165) is 5.39 Å². The van der Waals surface area contributed by atoms with Crippen molar-refractivity contribution < 1.29 is 19.1 Å². The van der Waals surface area contributed by atoms with E-state index in [2.05, 4.69) is 10.6 Å². The first kappa shape index (κ1) is 17.2. The van der Waals surface area contributed by atoms with Crippen LogP contribution in [0.4, 0.5) is 10.5 Å². The summed E-state index contributed by atoms with van der Waals surface area (Å²) in [5.41, 5.74) is 1.33. The lowest BCUT2D eigenvalue weighted by Crippen LogP contribution is -2.47. The summed E-state index contributed by atoms with van der Waals surface area (Å²) < 4.78 is 5.32. The Bertz CT molecular complexity index is 1040. The van der Waals surface area contributed by atoms with Crippen LogP contribution in [0.15, 0.2) is 63.8 Å². The average molecular weight is 351 g/mol. The van der Waals surface area contributed by atoms with E-state index in [1.54, 1.807) is 42.5 Å². The molecule has 0 saturated heterocycles. The maximum absolute atomic E-state index is 12.2. The van der Waals surface area contributed by atoms with E-state index >= 15 is 0 Å². The second-order valence-corrected chi connectivity index (χ2v) is 5.71. The van der Waals surface area contributed by atoms with Crippen LogP contribution in [0.25, 0.3) is 22.1 Å². The van der Waals surface area contributed by atoms with Gasteiger partial charge >= 0.3 is 11.7 Å². The van der Waals surface area contributed by atoms with Gasteiger partial charge in [-0.2, -0.15) is 0 Å². The van der Waals surface area contributed by atoms with E-state index in [0.29, 0.717) is 22.4 Å². The molecular weight excluding hydrogens is 336 g/mol. The van der Waals surface area contributed by atoms with Crippen LogP contribution >= 0.6 is 0 Å². The fraction of sp³-hybridized carbons (Fsp3) is 0.105. The molecule has 3 rings (SSSR count). The lowest BCUT2D eigenvalue weighted by atomic mass is 10.1. The van der Waals surface area contributed by atoms with Gasteiger partial charge in [0, 0.05) is 11.1 Å². The number of carboxylic acids is 1. The van der Waals surface area contributed by atoms with Crippen LogP contribution in [0.3, 0.4) is 0 Å². The zero-order valence-electron chi connectivity index (χ0n) is 13.8. The van der Waals surface area contributed by atoms with Gasteiger partial charge in [-0.15, -0.1) is 0 Å². The molecule has 0 saturated carbocycles. The second kappa shape index (κ2) is 7.10. The summed E-state index contributed by atoms with van der Waals surface area (Å²) in [4.78, 5) is 34.7. The van der Waals surface area contributed by atoms with E-state index < -0.39 is 23.7 Å². The molecule has 132 valence electrons. The molecule has 0 fully saturated rings. The van der Waals surface area contributed by atoms with Crippen LogP contribution in [-0.2, 0) is 4.79 Å². The van der Waals surface area contributed by atoms with Crippen molar-refractivity contribution in [1.82, 2.24) is 5.32 Å². The highest BCUT2D eigenvalue weighted by molar-refractivity contribution is 5.92. The van der Waals surface area contributed by atoms with Crippen molar-refractivity contribution in [3.8, 4) is 11.1 Å². The molecular formula is C19H15N2O5-. The van der Waals surface area contributed by atoms with Crippen molar-refractivity contribution in [2.75, 3.05) is 5.32 Å². The molecule has 0 spiro atoms. The Kier molecular flexibility index (Phi) is 4.70. The van der Waals surface area contributed by atoms with Crippen molar-refractivity contribution in [1.29, 1.82) is 0 Å². The number of carbonyl (C=O) groups is 2. The van der Waals surface area contributed by atoms with E-state index in [4.69, 9.17) is 4.42 Å². The molecule has 1 aromatic heterocycles. The topological polar surface area (TPSA) is 111 Å². The number of fused-ring (bicyclic) bond motifs is 1. The average Bonchev–Trinajstić information content (AvgIpc) is 2.61. The highest BCUT2D eigenvalue weighted by Crippen LogP contribution is 2.23. The zero-order valence-corrected chi connectivity index (χ0v) is 13.8. The monoisotopic (exact) mass is 351 g/mol. The first-order chi connectivity index (χ1) is 12.4. The Balaban J connectivity index is 1.88. The summed E-state index contributed by atoms with van der Waals surface area (Å²) in [5.74, 6) is -1.39. The number of aliphatic carboxylic acids is 1. The molecule has 7 nitrogen and oxygen atoms in total. The molecule has 1 atom stereocenters. The van der Waals surface area contributed by atoms with Gasteiger partial charge in [0.15, 0.2) is 0 Å². The predicted molar refractivity (Wildman–Crippen MR) is 94.5 cm³/mol. The lowest BCUT2D eigenvalue weighted by Gasteiger charge is -2.15. The van der Waals surface area contributed by atoms with E-state index in [1.807, 2.05) is 12.1 Å². The number of hydrogen-bond donors (Lipinski definition) is 2. The first-order valence-corrected chi connectivity index (χ1v) is 7.86. The number of hydrogen-bond acceptors (Lipinski definition) is 5. The van der Waals surface area contributed by atoms with E-state index in [1.165, 1.54) is 6.92 Å². The molecule has 1 heterocycles. The molecule has 0 aliphatic heterocycles. The standard InChI is InChI=1S/C19H16N2O5/c1-11(17(22)23)20-19(25)21-14-7-4-6-12(9-14)15-10-13-5-2-3-8-16(13)26-18(15)24/h2-11H,1H3,(H,22,23)(H2,20,21,25)/p-1/t11-/m0/s1. The number of rotatable bonds is 4. The summed E-state index contributed by atoms with van der Waals surface area (Å²) in [5, 5.41) is 16.2. The highest BCUT2D eigenvalue weighted by atomic mass is 16.4. The minimum absolute atomic E-state index is 0.357. The van der Waals surface area contributed by atoms with Crippen LogP contribution in [0, 0.1) is 0 Å². The third kappa shape index (κ3) is 3.72. The van der Waals surface area contributed by atoms with Gasteiger partial charge in [-0.25, -0.2) is 9.59 Å². The molecule has 0 aliphatic carbocycles. The summed E-state index contributed by atoms with van der Waals surface area (Å²) in [6.07, 6.45) is 0. The van der Waals surface area contributed by atoms with Crippen LogP contribution in [-0.4, -0.2) is 18.0 Å². The fourth-order valence-corrected chi connectivity index (χ4v) is 2.45. The molecule has 2 N–H and O–H groups in total. The predicted octanol–water partition coefficient (Wildman–Crippen LogP) is 1.72. The van der Waals surface area contributed by atoms with Crippen molar-refractivity contribution in [2.24, 2.45) is 0 Å². The van der Waals surface area contributed by atoms with Crippen molar-refractivity contribution in [2.45, 2.75) is 13.0 Å². The molecule has 3 aromatic rings. The van der Waals surface area contributed by atoms with E-state index in [9.17, 15) is 19.5 Å². The van der Waals surface area contributed by atoms with Gasteiger partial charge in [0.2, 0.25) is 0 Å². The van der Waals surface area contributed by atoms with Crippen molar-refractivity contribution in [3.63, 3.8) is 0 Å². The fourth-order valence-electron chi connectivity index (χ4n) is 2.45. The number of benzene rings is 2. The number of urea groups is 1. The number of amides is 2. The molecule has 26 heavy (non-hydrogen) atoms. The lowest BCUT2D eigenvalue weighted by molar-refractivity contribution is -0.307. The largest absolute Gasteiger partial charge is 0.548 e. The highest BCUT2D eigenvalue weighted by Gasteiger charge is 2.11. The van der Waals surface area contributed by atoms with Crippen LogP contribution in [0.5, 0.6) is 0 Å². The molecule has 0 radical (unpaired) electrons. The molecule has 0 unspecified atom stereocenters. The van der Waals surface area contributed by atoms with E-state index in [-0.39, 0.29) is 0 Å². The summed E-state index contributed by atoms with van der Waals surface area (Å²) in [6.45, 7) is 1.30. The quantitative estimate of drug-likeness (QED) is 0.695. The van der Waals surface area contributed by atoms with Crippen molar-refractivity contribution >= 4 is 28.7 Å². The normalized spacial score (nSPS) is 11.7. The first-order valence-electron chi connectivity index (χ1n) is 7.86. The molecule has 0 aliphatic rings. The summed E-state index contributed by atoms with van der Waals surface area (Å²) in [6, 6.07) is 13.7. The number of carboxylic acid groups (broad SMARTS) is 1. The minimum Gasteiger partial charge on any atom is -0.548 e. The van der Waals surface area contributed by atoms with Gasteiger partial charge in [0.1, 0.15) is 5.58 Å². The third-order valence-corrected chi connectivity index (χ3v) is 3.77. The van der Waals surface area contributed by atoms with Gasteiger partial charge in [-0.05, 0) is 36.8 Å². The molecule has 0 bridgehead atoms. The SMILES string of the molecule is C[C@H](NC(=O)Nc1cccc(-c2cc3ccccc3oc2=O)c1)C(=O)[O-].